The first-order valence-corrected chi connectivity index (χ1v) is 9.81. The van der Waals surface area contributed by atoms with E-state index in [2.05, 4.69) is 6.92 Å². The van der Waals surface area contributed by atoms with Gasteiger partial charge in [-0.2, -0.15) is 0 Å². The van der Waals surface area contributed by atoms with Crippen molar-refractivity contribution >= 4 is 17.2 Å². The molecule has 0 saturated heterocycles. The second-order valence-corrected chi connectivity index (χ2v) is 7.51. The Morgan fingerprint density at radius 2 is 2.00 bits per heavy atom. The predicted molar refractivity (Wildman–Crippen MR) is 105 cm³/mol. The normalized spacial score (nSPS) is 11.1. The Kier molecular flexibility index (Phi) is 5.75. The lowest BCUT2D eigenvalue weighted by atomic mass is 10.0. The number of thiophene rings is 1. The van der Waals surface area contributed by atoms with Crippen molar-refractivity contribution in [2.24, 2.45) is 5.73 Å². The van der Waals surface area contributed by atoms with E-state index in [1.807, 2.05) is 29.0 Å². The number of hydrogen-bond acceptors (Lipinski definition) is 2. The van der Waals surface area contributed by atoms with Crippen molar-refractivity contribution in [1.29, 1.82) is 0 Å². The number of nitrogens with zero attached hydrogens (tertiary/aromatic N) is 1. The highest BCUT2D eigenvalue weighted by Crippen LogP contribution is 2.36. The van der Waals surface area contributed by atoms with Crippen LogP contribution in [-0.2, 0) is 13.0 Å². The smallest absolute Gasteiger partial charge is 0.251 e. The highest BCUT2D eigenvalue weighted by Gasteiger charge is 2.25. The lowest BCUT2D eigenvalue weighted by Crippen LogP contribution is -2.13. The predicted octanol–water partition coefficient (Wildman–Crippen LogP) is 5.29. The van der Waals surface area contributed by atoms with Crippen LogP contribution in [0, 0.1) is 18.6 Å². The Bertz CT molecular complexity index is 961. The summed E-state index contributed by atoms with van der Waals surface area (Å²) in [6.45, 7) is 4.32. The molecule has 0 unspecified atom stereocenters. The highest BCUT2D eigenvalue weighted by molar-refractivity contribution is 7.13. The van der Waals surface area contributed by atoms with E-state index < -0.39 is 17.5 Å². The summed E-state index contributed by atoms with van der Waals surface area (Å²) in [6.07, 6.45) is 2.74. The summed E-state index contributed by atoms with van der Waals surface area (Å²) in [5, 5.41) is 1.96. The quantitative estimate of drug-likeness (QED) is 0.587. The first-order valence-electron chi connectivity index (χ1n) is 8.93. The van der Waals surface area contributed by atoms with Gasteiger partial charge in [-0.1, -0.05) is 25.5 Å². The van der Waals surface area contributed by atoms with Gasteiger partial charge in [-0.05, 0) is 48.9 Å². The van der Waals surface area contributed by atoms with E-state index in [4.69, 9.17) is 5.73 Å². The minimum Gasteiger partial charge on any atom is -0.366 e. The van der Waals surface area contributed by atoms with E-state index in [-0.39, 0.29) is 0 Å². The molecule has 0 spiro atoms. The number of halogens is 2. The summed E-state index contributed by atoms with van der Waals surface area (Å²) in [7, 11) is 0. The molecule has 0 saturated carbocycles. The number of carbonyl (C=O) groups is 1. The molecular weight excluding hydrogens is 366 g/mol. The molecule has 0 radical (unpaired) electrons. The summed E-state index contributed by atoms with van der Waals surface area (Å²) in [5.41, 5.74) is 9.48. The van der Waals surface area contributed by atoms with E-state index in [0.717, 1.165) is 47.2 Å². The largest absolute Gasteiger partial charge is 0.366 e. The Balaban J connectivity index is 2.18. The van der Waals surface area contributed by atoms with Crippen molar-refractivity contribution in [3.63, 3.8) is 0 Å². The lowest BCUT2D eigenvalue weighted by molar-refractivity contribution is 0.1000. The maximum Gasteiger partial charge on any atom is 0.251 e. The molecule has 1 amide bonds. The van der Waals surface area contributed by atoms with Crippen molar-refractivity contribution < 1.29 is 13.6 Å². The van der Waals surface area contributed by atoms with Crippen LogP contribution in [0.15, 0.2) is 35.7 Å². The summed E-state index contributed by atoms with van der Waals surface area (Å²) in [4.78, 5) is 13.2. The number of rotatable bonds is 7. The third-order valence-corrected chi connectivity index (χ3v) is 5.62. The zero-order chi connectivity index (χ0) is 19.6. The van der Waals surface area contributed by atoms with Crippen molar-refractivity contribution in [2.45, 2.75) is 39.7 Å². The summed E-state index contributed by atoms with van der Waals surface area (Å²) >= 11 is 1.56. The zero-order valence-electron chi connectivity index (χ0n) is 15.4. The average molecular weight is 388 g/mol. The fourth-order valence-electron chi connectivity index (χ4n) is 3.42. The molecule has 3 rings (SSSR count). The number of primary amides is 1. The molecule has 3 nitrogen and oxygen atoms in total. The molecular formula is C21H22F2N2OS. The van der Waals surface area contributed by atoms with Crippen LogP contribution in [0.3, 0.4) is 0 Å². The molecule has 0 aliphatic carbocycles. The van der Waals surface area contributed by atoms with E-state index in [1.54, 1.807) is 17.4 Å². The second kappa shape index (κ2) is 8.05. The molecule has 2 aromatic heterocycles. The van der Waals surface area contributed by atoms with Crippen LogP contribution >= 0.6 is 11.3 Å². The monoisotopic (exact) mass is 388 g/mol. The number of benzene rings is 1. The minimum absolute atomic E-state index is 0.355. The van der Waals surface area contributed by atoms with Gasteiger partial charge in [0.25, 0.3) is 5.91 Å². The van der Waals surface area contributed by atoms with Gasteiger partial charge in [0.15, 0.2) is 11.6 Å². The molecule has 142 valence electrons. The number of nitrogens with two attached hydrogens (primary N) is 1. The Hall–Kier alpha value is -2.47. The van der Waals surface area contributed by atoms with Crippen LogP contribution in [0.5, 0.6) is 0 Å². The van der Waals surface area contributed by atoms with E-state index in [1.165, 1.54) is 6.07 Å². The van der Waals surface area contributed by atoms with Crippen LogP contribution in [0.2, 0.25) is 0 Å². The SMILES string of the molecule is CCCCc1c(-c2cccs2)c(C(N)=O)c(C)n1Cc1ccc(F)c(F)c1. The average Bonchev–Trinajstić information content (AvgIpc) is 3.24. The number of carbonyl (C=O) groups excluding carboxylic acids is 1. The third-order valence-electron chi connectivity index (χ3n) is 4.74. The van der Waals surface area contributed by atoms with Gasteiger partial charge in [0, 0.05) is 28.4 Å². The summed E-state index contributed by atoms with van der Waals surface area (Å²) in [6, 6.07) is 7.81. The molecule has 0 aliphatic heterocycles. The first-order chi connectivity index (χ1) is 12.9. The maximum atomic E-state index is 13.7. The van der Waals surface area contributed by atoms with Gasteiger partial charge in [0.1, 0.15) is 0 Å². The van der Waals surface area contributed by atoms with Crippen molar-refractivity contribution in [1.82, 2.24) is 4.57 Å². The molecule has 6 heteroatoms. The molecule has 0 atom stereocenters. The molecule has 0 bridgehead atoms. The Labute approximate surface area is 161 Å². The topological polar surface area (TPSA) is 48.0 Å². The lowest BCUT2D eigenvalue weighted by Gasteiger charge is -2.13. The third kappa shape index (κ3) is 3.81. The van der Waals surface area contributed by atoms with Crippen LogP contribution in [-0.4, -0.2) is 10.5 Å². The summed E-state index contributed by atoms with van der Waals surface area (Å²) < 4.78 is 29.0. The van der Waals surface area contributed by atoms with Crippen LogP contribution in [0.1, 0.15) is 47.1 Å². The van der Waals surface area contributed by atoms with E-state index in [0.29, 0.717) is 17.7 Å². The highest BCUT2D eigenvalue weighted by atomic mass is 32.1. The fourth-order valence-corrected chi connectivity index (χ4v) is 4.22. The van der Waals surface area contributed by atoms with Gasteiger partial charge in [0.05, 0.1) is 5.56 Å². The number of unbranched alkanes of at least 4 members (excludes halogenated alkanes) is 1. The molecule has 2 heterocycles. The molecule has 2 N–H and O–H groups in total. The Morgan fingerprint density at radius 1 is 1.22 bits per heavy atom. The molecule has 0 aliphatic rings. The van der Waals surface area contributed by atoms with Gasteiger partial charge in [0.2, 0.25) is 0 Å². The molecule has 0 fully saturated rings. The van der Waals surface area contributed by atoms with Crippen LogP contribution in [0.4, 0.5) is 8.78 Å². The van der Waals surface area contributed by atoms with E-state index >= 15 is 0 Å². The molecule has 1 aromatic carbocycles. The van der Waals surface area contributed by atoms with Gasteiger partial charge < -0.3 is 10.3 Å². The van der Waals surface area contributed by atoms with Crippen LogP contribution < -0.4 is 5.73 Å². The fraction of sp³-hybridized carbons (Fsp3) is 0.286. The first kappa shape index (κ1) is 19.3. The number of amides is 1. The van der Waals surface area contributed by atoms with Gasteiger partial charge in [-0.3, -0.25) is 4.79 Å². The number of hydrogen-bond donors (Lipinski definition) is 1. The zero-order valence-corrected chi connectivity index (χ0v) is 16.2. The summed E-state index contributed by atoms with van der Waals surface area (Å²) in [5.74, 6) is -2.22. The van der Waals surface area contributed by atoms with Crippen molar-refractivity contribution in [2.75, 3.05) is 0 Å². The van der Waals surface area contributed by atoms with Gasteiger partial charge >= 0.3 is 0 Å². The standard InChI is InChI=1S/C21H22F2N2OS/c1-3-4-6-17-20(18-7-5-10-27-18)19(21(24)26)13(2)25(17)12-14-8-9-15(22)16(23)11-14/h5,7-11H,3-4,6,12H2,1-2H3,(H2,24,26). The van der Waals surface area contributed by atoms with E-state index in [9.17, 15) is 13.6 Å². The Morgan fingerprint density at radius 3 is 2.59 bits per heavy atom. The van der Waals surface area contributed by atoms with Crippen molar-refractivity contribution in [3.8, 4) is 10.4 Å². The van der Waals surface area contributed by atoms with Crippen molar-refractivity contribution in [3.05, 3.63) is 69.9 Å². The molecule has 27 heavy (non-hydrogen) atoms. The van der Waals surface area contributed by atoms with Gasteiger partial charge in [-0.15, -0.1) is 11.3 Å². The minimum atomic E-state index is -0.874. The second-order valence-electron chi connectivity index (χ2n) is 6.56. The van der Waals surface area contributed by atoms with Gasteiger partial charge in [-0.25, -0.2) is 8.78 Å². The molecule has 3 aromatic rings. The maximum absolute atomic E-state index is 13.7. The van der Waals surface area contributed by atoms with Crippen LogP contribution in [0.25, 0.3) is 10.4 Å². The number of aromatic nitrogens is 1.